The molecule has 1 atom stereocenters. The van der Waals surface area contributed by atoms with Gasteiger partial charge in [-0.2, -0.15) is 0 Å². The molecule has 0 aliphatic carbocycles. The predicted octanol–water partition coefficient (Wildman–Crippen LogP) is 3.63. The summed E-state index contributed by atoms with van der Waals surface area (Å²) in [5.41, 5.74) is 1.10. The summed E-state index contributed by atoms with van der Waals surface area (Å²) in [7, 11) is -1.25. The molecular formula is C13H20O2Si. The highest BCUT2D eigenvalue weighted by Crippen LogP contribution is 2.27. The summed E-state index contributed by atoms with van der Waals surface area (Å²) in [5, 5.41) is 0. The van der Waals surface area contributed by atoms with Crippen molar-refractivity contribution in [1.82, 2.24) is 0 Å². The van der Waals surface area contributed by atoms with Crippen molar-refractivity contribution in [2.75, 3.05) is 0 Å². The maximum Gasteiger partial charge on any atom is 0.303 e. The van der Waals surface area contributed by atoms with Crippen LogP contribution in [0.2, 0.25) is 25.7 Å². The van der Waals surface area contributed by atoms with Crippen molar-refractivity contribution in [2.45, 2.75) is 38.7 Å². The summed E-state index contributed by atoms with van der Waals surface area (Å²) in [6.07, 6.45) is -0.0784. The van der Waals surface area contributed by atoms with Crippen LogP contribution in [0.1, 0.15) is 18.6 Å². The second kappa shape index (κ2) is 5.30. The Kier molecular flexibility index (Phi) is 4.30. The van der Waals surface area contributed by atoms with Gasteiger partial charge in [-0.3, -0.25) is 4.79 Å². The van der Waals surface area contributed by atoms with Crippen molar-refractivity contribution < 1.29 is 9.53 Å². The van der Waals surface area contributed by atoms with Gasteiger partial charge in [-0.1, -0.05) is 50.0 Å². The number of hydrogen-bond acceptors (Lipinski definition) is 2. The zero-order chi connectivity index (χ0) is 12.2. The van der Waals surface area contributed by atoms with Crippen molar-refractivity contribution in [2.24, 2.45) is 0 Å². The molecule has 0 radical (unpaired) electrons. The lowest BCUT2D eigenvalue weighted by molar-refractivity contribution is -0.145. The molecule has 0 saturated carbocycles. The van der Waals surface area contributed by atoms with Crippen LogP contribution in [0, 0.1) is 0 Å². The van der Waals surface area contributed by atoms with E-state index >= 15 is 0 Å². The Hall–Kier alpha value is -1.09. The zero-order valence-electron chi connectivity index (χ0n) is 10.5. The minimum absolute atomic E-state index is 0.0784. The number of carbonyl (C=O) groups excluding carboxylic acids is 1. The van der Waals surface area contributed by atoms with E-state index < -0.39 is 8.07 Å². The van der Waals surface area contributed by atoms with Gasteiger partial charge in [0.05, 0.1) is 0 Å². The van der Waals surface area contributed by atoms with Crippen molar-refractivity contribution in [3.8, 4) is 0 Å². The molecule has 0 saturated heterocycles. The van der Waals surface area contributed by atoms with Crippen LogP contribution in [0.3, 0.4) is 0 Å². The molecule has 0 heterocycles. The fourth-order valence-electron chi connectivity index (χ4n) is 1.65. The lowest BCUT2D eigenvalue weighted by Gasteiger charge is -2.24. The Morgan fingerprint density at radius 1 is 1.25 bits per heavy atom. The van der Waals surface area contributed by atoms with Crippen molar-refractivity contribution in [3.63, 3.8) is 0 Å². The summed E-state index contributed by atoms with van der Waals surface area (Å²) in [5.74, 6) is -0.202. The zero-order valence-corrected chi connectivity index (χ0v) is 11.5. The first-order valence-corrected chi connectivity index (χ1v) is 9.31. The summed E-state index contributed by atoms with van der Waals surface area (Å²) >= 11 is 0. The third-order valence-corrected chi connectivity index (χ3v) is 3.87. The van der Waals surface area contributed by atoms with E-state index in [0.29, 0.717) is 0 Å². The minimum Gasteiger partial charge on any atom is -0.458 e. The first kappa shape index (κ1) is 13.0. The number of ether oxygens (including phenoxy) is 1. The summed E-state index contributed by atoms with van der Waals surface area (Å²) in [6.45, 7) is 8.32. The summed E-state index contributed by atoms with van der Waals surface area (Å²) < 4.78 is 5.41. The van der Waals surface area contributed by atoms with E-state index in [0.717, 1.165) is 11.6 Å². The molecule has 2 nitrogen and oxygen atoms in total. The van der Waals surface area contributed by atoms with E-state index in [9.17, 15) is 4.79 Å². The van der Waals surface area contributed by atoms with E-state index in [-0.39, 0.29) is 12.1 Å². The monoisotopic (exact) mass is 236 g/mol. The smallest absolute Gasteiger partial charge is 0.303 e. The molecular weight excluding hydrogens is 216 g/mol. The predicted molar refractivity (Wildman–Crippen MR) is 69.1 cm³/mol. The van der Waals surface area contributed by atoms with Crippen molar-refractivity contribution in [3.05, 3.63) is 35.9 Å². The number of carbonyl (C=O) groups is 1. The first-order chi connectivity index (χ1) is 7.38. The largest absolute Gasteiger partial charge is 0.458 e. The van der Waals surface area contributed by atoms with Gasteiger partial charge in [0, 0.05) is 15.0 Å². The Labute approximate surface area is 98.6 Å². The molecule has 1 aromatic rings. The number of benzene rings is 1. The summed E-state index contributed by atoms with van der Waals surface area (Å²) in [6, 6.07) is 11.0. The van der Waals surface area contributed by atoms with E-state index in [1.54, 1.807) is 0 Å². The molecule has 16 heavy (non-hydrogen) atoms. The van der Waals surface area contributed by atoms with Crippen molar-refractivity contribution >= 4 is 14.0 Å². The molecule has 3 heteroatoms. The van der Waals surface area contributed by atoms with Crippen LogP contribution in [-0.4, -0.2) is 14.0 Å². The third-order valence-electron chi connectivity index (χ3n) is 2.28. The molecule has 1 rings (SSSR count). The average Bonchev–Trinajstić information content (AvgIpc) is 2.15. The highest BCUT2D eigenvalue weighted by Gasteiger charge is 2.23. The van der Waals surface area contributed by atoms with Gasteiger partial charge in [0.15, 0.2) is 0 Å². The van der Waals surface area contributed by atoms with E-state index in [1.165, 1.54) is 6.92 Å². The fraction of sp³-hybridized carbons (Fsp3) is 0.462. The molecule has 0 fully saturated rings. The Morgan fingerprint density at radius 2 is 1.81 bits per heavy atom. The van der Waals surface area contributed by atoms with Gasteiger partial charge in [0.2, 0.25) is 0 Å². The number of hydrogen-bond donors (Lipinski definition) is 0. The van der Waals surface area contributed by atoms with Crippen LogP contribution in [0.25, 0.3) is 0 Å². The molecule has 0 aromatic heterocycles. The molecule has 0 N–H and O–H groups in total. The molecule has 0 amide bonds. The lowest BCUT2D eigenvalue weighted by atomic mass is 10.1. The van der Waals surface area contributed by atoms with Gasteiger partial charge >= 0.3 is 5.97 Å². The summed E-state index contributed by atoms with van der Waals surface area (Å²) in [4.78, 5) is 11.1. The van der Waals surface area contributed by atoms with Gasteiger partial charge in [-0.05, 0) is 11.6 Å². The van der Waals surface area contributed by atoms with E-state index in [1.807, 2.05) is 30.3 Å². The SMILES string of the molecule is CC(=O)OC(C[Si](C)(C)C)c1ccccc1. The topological polar surface area (TPSA) is 26.3 Å². The molecule has 0 aliphatic heterocycles. The van der Waals surface area contributed by atoms with Gasteiger partial charge < -0.3 is 4.74 Å². The fourth-order valence-corrected chi connectivity index (χ4v) is 3.08. The Balaban J connectivity index is 2.84. The highest BCUT2D eigenvalue weighted by molar-refractivity contribution is 6.76. The quantitative estimate of drug-likeness (QED) is 0.589. The molecule has 1 unspecified atom stereocenters. The Bertz CT molecular complexity index is 341. The van der Waals surface area contributed by atoms with Crippen molar-refractivity contribution in [1.29, 1.82) is 0 Å². The maximum atomic E-state index is 11.1. The average molecular weight is 236 g/mol. The second-order valence-electron chi connectivity index (χ2n) is 5.27. The van der Waals surface area contributed by atoms with Crippen LogP contribution < -0.4 is 0 Å². The van der Waals surface area contributed by atoms with E-state index in [4.69, 9.17) is 4.74 Å². The maximum absolute atomic E-state index is 11.1. The number of rotatable bonds is 4. The van der Waals surface area contributed by atoms with Crippen LogP contribution in [-0.2, 0) is 9.53 Å². The standard InChI is InChI=1S/C13H20O2Si/c1-11(14)15-13(10-16(2,3)4)12-8-6-5-7-9-12/h5-9,13H,10H2,1-4H3. The van der Waals surface area contributed by atoms with Gasteiger partial charge in [-0.15, -0.1) is 0 Å². The van der Waals surface area contributed by atoms with Gasteiger partial charge in [0.1, 0.15) is 6.10 Å². The molecule has 0 spiro atoms. The Morgan fingerprint density at radius 3 is 2.25 bits per heavy atom. The van der Waals surface area contributed by atoms with Crippen LogP contribution >= 0.6 is 0 Å². The molecule has 0 bridgehead atoms. The first-order valence-electron chi connectivity index (χ1n) is 5.61. The van der Waals surface area contributed by atoms with E-state index in [2.05, 4.69) is 19.6 Å². The lowest BCUT2D eigenvalue weighted by Crippen LogP contribution is -2.25. The third kappa shape index (κ3) is 4.62. The van der Waals surface area contributed by atoms with Crippen LogP contribution in [0.15, 0.2) is 30.3 Å². The minimum atomic E-state index is -1.25. The molecule has 0 aliphatic rings. The molecule has 1 aromatic carbocycles. The van der Waals surface area contributed by atoms with Gasteiger partial charge in [-0.25, -0.2) is 0 Å². The van der Waals surface area contributed by atoms with Crippen LogP contribution in [0.4, 0.5) is 0 Å². The normalized spacial score (nSPS) is 13.2. The highest BCUT2D eigenvalue weighted by atomic mass is 28.3. The van der Waals surface area contributed by atoms with Gasteiger partial charge in [0.25, 0.3) is 0 Å². The number of esters is 1. The molecule has 88 valence electrons. The second-order valence-corrected chi connectivity index (χ2v) is 10.8. The van der Waals surface area contributed by atoms with Crippen LogP contribution in [0.5, 0.6) is 0 Å².